The number of hydrogen-bond donors (Lipinski definition) is 0. The van der Waals surface area contributed by atoms with Crippen LogP contribution in [0.1, 0.15) is 16.1 Å². The number of hydrogen-bond acceptors (Lipinski definition) is 4. The van der Waals surface area contributed by atoms with Crippen molar-refractivity contribution in [3.8, 4) is 0 Å². The molecule has 6 heteroatoms. The van der Waals surface area contributed by atoms with Crippen molar-refractivity contribution in [3.63, 3.8) is 0 Å². The highest BCUT2D eigenvalue weighted by Gasteiger charge is 2.45. The Morgan fingerprint density at radius 1 is 1.56 bits per heavy atom. The van der Waals surface area contributed by atoms with E-state index in [1.165, 1.54) is 30.5 Å². The Labute approximate surface area is 109 Å². The van der Waals surface area contributed by atoms with Crippen LogP contribution in [0.25, 0.3) is 0 Å². The van der Waals surface area contributed by atoms with E-state index in [9.17, 15) is 9.18 Å². The lowest BCUT2D eigenvalue weighted by atomic mass is 10.0. The van der Waals surface area contributed by atoms with Crippen molar-refractivity contribution < 1.29 is 18.7 Å². The van der Waals surface area contributed by atoms with Crippen LogP contribution < -0.4 is 0 Å². The van der Waals surface area contributed by atoms with Gasteiger partial charge in [0, 0.05) is 27.2 Å². The van der Waals surface area contributed by atoms with Gasteiger partial charge in [0.15, 0.2) is 6.17 Å². The molecule has 1 aliphatic heterocycles. The van der Waals surface area contributed by atoms with E-state index >= 15 is 0 Å². The summed E-state index contributed by atoms with van der Waals surface area (Å²) in [6, 6.07) is 3.55. The SMILES string of the molecule is COC1(OC)CCN(C(=O)c2cccs2)CC1F. The summed E-state index contributed by atoms with van der Waals surface area (Å²) in [6.45, 7) is 0.428. The summed E-state index contributed by atoms with van der Waals surface area (Å²) in [5.41, 5.74) is 0. The van der Waals surface area contributed by atoms with Crippen LogP contribution >= 0.6 is 11.3 Å². The second-order valence-electron chi connectivity index (χ2n) is 4.17. The van der Waals surface area contributed by atoms with Gasteiger partial charge in [-0.1, -0.05) is 6.07 Å². The Kier molecular flexibility index (Phi) is 3.99. The van der Waals surface area contributed by atoms with Gasteiger partial charge in [0.25, 0.3) is 5.91 Å². The molecule has 0 radical (unpaired) electrons. The second kappa shape index (κ2) is 5.34. The van der Waals surface area contributed by atoms with Crippen molar-refractivity contribution in [2.24, 2.45) is 0 Å². The van der Waals surface area contributed by atoms with Crippen LogP contribution in [0.3, 0.4) is 0 Å². The standard InChI is InChI=1S/C12H16FNO3S/c1-16-12(17-2)5-6-14(8-10(12)13)11(15)9-4-3-7-18-9/h3-4,7,10H,5-6,8H2,1-2H3. The van der Waals surface area contributed by atoms with Gasteiger partial charge >= 0.3 is 0 Å². The molecular weight excluding hydrogens is 257 g/mol. The Hall–Kier alpha value is -0.980. The van der Waals surface area contributed by atoms with Crippen molar-refractivity contribution in [3.05, 3.63) is 22.4 Å². The van der Waals surface area contributed by atoms with Gasteiger partial charge in [0.05, 0.1) is 11.4 Å². The maximum atomic E-state index is 14.1. The summed E-state index contributed by atoms with van der Waals surface area (Å²) < 4.78 is 24.4. The number of amides is 1. The van der Waals surface area contributed by atoms with Crippen molar-refractivity contribution in [1.82, 2.24) is 4.90 Å². The van der Waals surface area contributed by atoms with Crippen LogP contribution in [0.5, 0.6) is 0 Å². The molecule has 2 rings (SSSR count). The molecule has 1 atom stereocenters. The molecule has 1 unspecified atom stereocenters. The molecule has 0 bridgehead atoms. The molecule has 1 amide bonds. The molecule has 1 aromatic heterocycles. The predicted octanol–water partition coefficient (Wildman–Crippen LogP) is 1.92. The third kappa shape index (κ3) is 2.28. The number of nitrogens with zero attached hydrogens (tertiary/aromatic N) is 1. The van der Waals surface area contributed by atoms with Crippen molar-refractivity contribution in [2.45, 2.75) is 18.4 Å². The number of ether oxygens (including phenoxy) is 2. The van der Waals surface area contributed by atoms with E-state index in [-0.39, 0.29) is 12.5 Å². The van der Waals surface area contributed by atoms with Crippen molar-refractivity contribution in [1.29, 1.82) is 0 Å². The van der Waals surface area contributed by atoms with Gasteiger partial charge < -0.3 is 14.4 Å². The van der Waals surface area contributed by atoms with E-state index in [0.717, 1.165) is 0 Å². The first-order valence-electron chi connectivity index (χ1n) is 5.70. The van der Waals surface area contributed by atoms with Gasteiger partial charge in [-0.2, -0.15) is 0 Å². The maximum absolute atomic E-state index is 14.1. The summed E-state index contributed by atoms with van der Waals surface area (Å²) in [4.78, 5) is 14.2. The van der Waals surface area contributed by atoms with Crippen LogP contribution in [0.4, 0.5) is 4.39 Å². The zero-order chi connectivity index (χ0) is 13.2. The highest BCUT2D eigenvalue weighted by atomic mass is 32.1. The smallest absolute Gasteiger partial charge is 0.264 e. The monoisotopic (exact) mass is 273 g/mol. The quantitative estimate of drug-likeness (QED) is 0.790. The third-order valence-corrected chi connectivity index (χ3v) is 4.16. The number of alkyl halides is 1. The van der Waals surface area contributed by atoms with Gasteiger partial charge in [-0.3, -0.25) is 4.79 Å². The fraction of sp³-hybridized carbons (Fsp3) is 0.583. The first kappa shape index (κ1) is 13.5. The van der Waals surface area contributed by atoms with Crippen LogP contribution in [-0.2, 0) is 9.47 Å². The number of carbonyl (C=O) groups excluding carboxylic acids is 1. The van der Waals surface area contributed by atoms with Gasteiger partial charge in [-0.05, 0) is 11.4 Å². The molecule has 0 spiro atoms. The van der Waals surface area contributed by atoms with Gasteiger partial charge in [-0.25, -0.2) is 4.39 Å². The Morgan fingerprint density at radius 3 is 2.78 bits per heavy atom. The first-order chi connectivity index (χ1) is 8.63. The van der Waals surface area contributed by atoms with Crippen LogP contribution in [0.2, 0.25) is 0 Å². The molecule has 1 fully saturated rings. The molecule has 1 aromatic rings. The molecule has 0 aliphatic carbocycles. The van der Waals surface area contributed by atoms with Gasteiger partial charge in [-0.15, -0.1) is 11.3 Å². The summed E-state index contributed by atoms with van der Waals surface area (Å²) in [5, 5.41) is 1.83. The Balaban J connectivity index is 2.06. The minimum absolute atomic E-state index is 0.00157. The van der Waals surface area contributed by atoms with E-state index in [4.69, 9.17) is 9.47 Å². The van der Waals surface area contributed by atoms with E-state index in [1.807, 2.05) is 11.4 Å². The maximum Gasteiger partial charge on any atom is 0.264 e. The Morgan fingerprint density at radius 2 is 2.28 bits per heavy atom. The molecule has 2 heterocycles. The predicted molar refractivity (Wildman–Crippen MR) is 66.5 cm³/mol. The molecule has 0 saturated carbocycles. The van der Waals surface area contributed by atoms with E-state index in [2.05, 4.69) is 0 Å². The molecule has 100 valence electrons. The lowest BCUT2D eigenvalue weighted by molar-refractivity contribution is -0.259. The highest BCUT2D eigenvalue weighted by Crippen LogP contribution is 2.30. The van der Waals surface area contributed by atoms with Crippen molar-refractivity contribution >= 4 is 17.2 Å². The number of piperidine rings is 1. The molecule has 0 aromatic carbocycles. The number of likely N-dealkylation sites (tertiary alicyclic amines) is 1. The van der Waals surface area contributed by atoms with Gasteiger partial charge in [0.2, 0.25) is 5.79 Å². The number of rotatable bonds is 3. The second-order valence-corrected chi connectivity index (χ2v) is 5.11. The lowest BCUT2D eigenvalue weighted by Gasteiger charge is -2.41. The van der Waals surface area contributed by atoms with Crippen LogP contribution in [0, 0.1) is 0 Å². The van der Waals surface area contributed by atoms with E-state index in [0.29, 0.717) is 17.8 Å². The normalized spacial score (nSPS) is 23.1. The average Bonchev–Trinajstić information content (AvgIpc) is 2.92. The van der Waals surface area contributed by atoms with Gasteiger partial charge in [0.1, 0.15) is 0 Å². The molecule has 4 nitrogen and oxygen atoms in total. The topological polar surface area (TPSA) is 38.8 Å². The number of carbonyl (C=O) groups is 1. The summed E-state index contributed by atoms with van der Waals surface area (Å²) in [5.74, 6) is -1.35. The minimum Gasteiger partial charge on any atom is -0.350 e. The minimum atomic E-state index is -1.34. The van der Waals surface area contributed by atoms with Crippen LogP contribution in [-0.4, -0.2) is 50.1 Å². The molecule has 1 aliphatic rings. The van der Waals surface area contributed by atoms with Crippen LogP contribution in [0.15, 0.2) is 17.5 Å². The summed E-state index contributed by atoms with van der Waals surface area (Å²) in [7, 11) is 2.85. The molecule has 18 heavy (non-hydrogen) atoms. The largest absolute Gasteiger partial charge is 0.350 e. The molecule has 0 N–H and O–H groups in total. The third-order valence-electron chi connectivity index (χ3n) is 3.30. The number of methoxy groups -OCH3 is 2. The van der Waals surface area contributed by atoms with E-state index < -0.39 is 12.0 Å². The average molecular weight is 273 g/mol. The highest BCUT2D eigenvalue weighted by molar-refractivity contribution is 7.12. The molecular formula is C12H16FNO3S. The number of halogens is 1. The van der Waals surface area contributed by atoms with Crippen molar-refractivity contribution in [2.75, 3.05) is 27.3 Å². The molecule has 1 saturated heterocycles. The number of thiophene rings is 1. The fourth-order valence-electron chi connectivity index (χ4n) is 2.16. The fourth-order valence-corrected chi connectivity index (χ4v) is 2.85. The lowest BCUT2D eigenvalue weighted by Crippen LogP contribution is -2.56. The Bertz CT molecular complexity index is 405. The summed E-state index contributed by atoms with van der Waals surface area (Å²) in [6.07, 6.45) is -1.01. The van der Waals surface area contributed by atoms with E-state index in [1.54, 1.807) is 6.07 Å². The first-order valence-corrected chi connectivity index (χ1v) is 6.58. The zero-order valence-corrected chi connectivity index (χ0v) is 11.2. The summed E-state index contributed by atoms with van der Waals surface area (Å²) >= 11 is 1.36. The zero-order valence-electron chi connectivity index (χ0n) is 10.4.